The van der Waals surface area contributed by atoms with E-state index in [9.17, 15) is 22.4 Å². The van der Waals surface area contributed by atoms with Gasteiger partial charge in [-0.25, -0.2) is 4.39 Å². The van der Waals surface area contributed by atoms with Gasteiger partial charge in [0.2, 0.25) is 5.91 Å². The molecule has 1 saturated heterocycles. The molecule has 1 amide bonds. The van der Waals surface area contributed by atoms with Gasteiger partial charge in [0.15, 0.2) is 0 Å². The first-order chi connectivity index (χ1) is 11.2. The standard InChI is InChI=1S/C16H21F4N3O/c1-21(2)14(12-4-3-5-13(17)10-12)15(24)23-8-6-22(7-9-23)11-16(18,19)20/h3-5,10,14H,6-9,11H2,1-2H3/t14-/m0/s1. The smallest absolute Gasteiger partial charge is 0.338 e. The molecule has 0 unspecified atom stereocenters. The van der Waals surface area contributed by atoms with Crippen LogP contribution in [-0.4, -0.2) is 73.6 Å². The van der Waals surface area contributed by atoms with E-state index in [4.69, 9.17) is 0 Å². The number of hydrogen-bond acceptors (Lipinski definition) is 3. The zero-order valence-electron chi connectivity index (χ0n) is 13.7. The molecule has 1 aromatic rings. The molecule has 0 saturated carbocycles. The summed E-state index contributed by atoms with van der Waals surface area (Å²) in [6, 6.07) is 5.16. The summed E-state index contributed by atoms with van der Waals surface area (Å²) < 4.78 is 50.7. The lowest BCUT2D eigenvalue weighted by molar-refractivity contribution is -0.153. The van der Waals surface area contributed by atoms with Gasteiger partial charge in [0.1, 0.15) is 11.9 Å². The number of alkyl halides is 3. The third-order valence-corrected chi connectivity index (χ3v) is 4.00. The summed E-state index contributed by atoms with van der Waals surface area (Å²) in [5.41, 5.74) is 0.530. The minimum atomic E-state index is -4.24. The number of rotatable bonds is 4. The lowest BCUT2D eigenvalue weighted by Crippen LogP contribution is -2.53. The molecule has 8 heteroatoms. The van der Waals surface area contributed by atoms with Crippen molar-refractivity contribution in [3.63, 3.8) is 0 Å². The number of nitrogens with zero attached hydrogens (tertiary/aromatic N) is 3. The molecule has 1 aliphatic heterocycles. The van der Waals surface area contributed by atoms with Crippen LogP contribution in [0.1, 0.15) is 11.6 Å². The second-order valence-corrected chi connectivity index (χ2v) is 6.14. The van der Waals surface area contributed by atoms with E-state index >= 15 is 0 Å². The van der Waals surface area contributed by atoms with Crippen LogP contribution in [0.5, 0.6) is 0 Å². The number of halogens is 4. The third kappa shape index (κ3) is 4.91. The number of benzene rings is 1. The first-order valence-electron chi connectivity index (χ1n) is 7.67. The van der Waals surface area contributed by atoms with Gasteiger partial charge < -0.3 is 4.90 Å². The van der Waals surface area contributed by atoms with Crippen LogP contribution in [0, 0.1) is 5.82 Å². The maximum Gasteiger partial charge on any atom is 0.401 e. The molecule has 1 heterocycles. The van der Waals surface area contributed by atoms with Crippen molar-refractivity contribution in [2.24, 2.45) is 0 Å². The first-order valence-corrected chi connectivity index (χ1v) is 7.67. The van der Waals surface area contributed by atoms with Crippen molar-refractivity contribution in [3.8, 4) is 0 Å². The second-order valence-electron chi connectivity index (χ2n) is 6.14. The number of carbonyl (C=O) groups excluding carboxylic acids is 1. The molecule has 1 aromatic carbocycles. The van der Waals surface area contributed by atoms with Crippen molar-refractivity contribution in [3.05, 3.63) is 35.6 Å². The SMILES string of the molecule is CN(C)[C@H](C(=O)N1CCN(CC(F)(F)F)CC1)c1cccc(F)c1. The van der Waals surface area contributed by atoms with E-state index in [-0.39, 0.29) is 32.1 Å². The van der Waals surface area contributed by atoms with Crippen LogP contribution < -0.4 is 0 Å². The van der Waals surface area contributed by atoms with Crippen LogP contribution in [0.4, 0.5) is 17.6 Å². The van der Waals surface area contributed by atoms with Crippen molar-refractivity contribution in [1.29, 1.82) is 0 Å². The maximum atomic E-state index is 13.4. The first kappa shape index (κ1) is 18.7. The minimum Gasteiger partial charge on any atom is -0.338 e. The lowest BCUT2D eigenvalue weighted by atomic mass is 10.0. The molecule has 1 aliphatic rings. The Balaban J connectivity index is 2.04. The quantitative estimate of drug-likeness (QED) is 0.781. The van der Waals surface area contributed by atoms with E-state index in [1.54, 1.807) is 30.0 Å². The fraction of sp³-hybridized carbons (Fsp3) is 0.562. The van der Waals surface area contributed by atoms with Crippen molar-refractivity contribution in [1.82, 2.24) is 14.7 Å². The van der Waals surface area contributed by atoms with Crippen LogP contribution in [0.2, 0.25) is 0 Å². The van der Waals surface area contributed by atoms with E-state index in [1.165, 1.54) is 23.1 Å². The molecule has 0 bridgehead atoms. The fourth-order valence-electron chi connectivity index (χ4n) is 2.89. The van der Waals surface area contributed by atoms with Gasteiger partial charge in [0.25, 0.3) is 0 Å². The van der Waals surface area contributed by atoms with E-state index in [2.05, 4.69) is 0 Å². The van der Waals surface area contributed by atoms with E-state index in [0.29, 0.717) is 5.56 Å². The molecule has 0 aliphatic carbocycles. The molecule has 0 aromatic heterocycles. The summed E-state index contributed by atoms with van der Waals surface area (Å²) in [7, 11) is 3.43. The van der Waals surface area contributed by atoms with E-state index in [0.717, 1.165) is 0 Å². The normalized spacial score (nSPS) is 18.0. The Kier molecular flexibility index (Phi) is 5.82. The molecule has 4 nitrogen and oxygen atoms in total. The van der Waals surface area contributed by atoms with Gasteiger partial charge >= 0.3 is 6.18 Å². The predicted octanol–water partition coefficient (Wildman–Crippen LogP) is 2.13. The average Bonchev–Trinajstić information content (AvgIpc) is 2.46. The number of amides is 1. The van der Waals surface area contributed by atoms with Crippen molar-refractivity contribution >= 4 is 5.91 Å². The van der Waals surface area contributed by atoms with Crippen LogP contribution in [0.15, 0.2) is 24.3 Å². The molecular weight excluding hydrogens is 326 g/mol. The zero-order chi connectivity index (χ0) is 17.9. The largest absolute Gasteiger partial charge is 0.401 e. The monoisotopic (exact) mass is 347 g/mol. The molecule has 0 N–H and O–H groups in total. The Bertz CT molecular complexity index is 569. The Morgan fingerprint density at radius 3 is 2.33 bits per heavy atom. The van der Waals surface area contributed by atoms with Crippen molar-refractivity contribution in [2.75, 3.05) is 46.8 Å². The number of piperazine rings is 1. The van der Waals surface area contributed by atoms with Gasteiger partial charge in [-0.05, 0) is 31.8 Å². The molecule has 0 spiro atoms. The summed E-state index contributed by atoms with van der Waals surface area (Å²) in [6.45, 7) is -0.151. The van der Waals surface area contributed by atoms with Crippen LogP contribution in [0.25, 0.3) is 0 Å². The molecule has 1 atom stereocenters. The Labute approximate surface area is 138 Å². The fourth-order valence-corrected chi connectivity index (χ4v) is 2.89. The highest BCUT2D eigenvalue weighted by Gasteiger charge is 2.34. The minimum absolute atomic E-state index is 0.175. The number of likely N-dealkylation sites (N-methyl/N-ethyl adjacent to an activating group) is 1. The van der Waals surface area contributed by atoms with Crippen LogP contribution in [-0.2, 0) is 4.79 Å². The molecule has 2 rings (SSSR count). The maximum absolute atomic E-state index is 13.4. The summed E-state index contributed by atoms with van der Waals surface area (Å²) in [4.78, 5) is 17.3. The molecule has 24 heavy (non-hydrogen) atoms. The lowest BCUT2D eigenvalue weighted by Gasteiger charge is -2.37. The van der Waals surface area contributed by atoms with Crippen LogP contribution in [0.3, 0.4) is 0 Å². The van der Waals surface area contributed by atoms with Crippen molar-refractivity contribution in [2.45, 2.75) is 12.2 Å². The summed E-state index contributed by atoms with van der Waals surface area (Å²) >= 11 is 0. The summed E-state index contributed by atoms with van der Waals surface area (Å²) in [5, 5.41) is 0. The highest BCUT2D eigenvalue weighted by molar-refractivity contribution is 5.83. The Hall–Kier alpha value is -1.67. The number of hydrogen-bond donors (Lipinski definition) is 0. The highest BCUT2D eigenvalue weighted by Crippen LogP contribution is 2.23. The van der Waals surface area contributed by atoms with Gasteiger partial charge in [-0.15, -0.1) is 0 Å². The van der Waals surface area contributed by atoms with E-state index < -0.39 is 24.6 Å². The van der Waals surface area contributed by atoms with Gasteiger partial charge in [-0.2, -0.15) is 13.2 Å². The van der Waals surface area contributed by atoms with Crippen molar-refractivity contribution < 1.29 is 22.4 Å². The number of carbonyl (C=O) groups is 1. The summed E-state index contributed by atoms with van der Waals surface area (Å²) in [5.74, 6) is -0.653. The summed E-state index contributed by atoms with van der Waals surface area (Å²) in [6.07, 6.45) is -4.24. The molecule has 1 fully saturated rings. The average molecular weight is 347 g/mol. The second kappa shape index (κ2) is 7.48. The Morgan fingerprint density at radius 2 is 1.83 bits per heavy atom. The molecular formula is C16H21F4N3O. The van der Waals surface area contributed by atoms with Gasteiger partial charge in [-0.3, -0.25) is 14.6 Å². The third-order valence-electron chi connectivity index (χ3n) is 4.00. The molecule has 0 radical (unpaired) electrons. The molecule has 134 valence electrons. The Morgan fingerprint density at radius 1 is 1.21 bits per heavy atom. The highest BCUT2D eigenvalue weighted by atomic mass is 19.4. The predicted molar refractivity (Wildman–Crippen MR) is 81.9 cm³/mol. The zero-order valence-corrected chi connectivity index (χ0v) is 13.7. The van der Waals surface area contributed by atoms with Crippen LogP contribution >= 0.6 is 0 Å². The van der Waals surface area contributed by atoms with Gasteiger partial charge in [0, 0.05) is 26.2 Å². The van der Waals surface area contributed by atoms with Gasteiger partial charge in [0.05, 0.1) is 6.54 Å². The van der Waals surface area contributed by atoms with E-state index in [1.807, 2.05) is 0 Å². The topological polar surface area (TPSA) is 26.8 Å². The van der Waals surface area contributed by atoms with Gasteiger partial charge in [-0.1, -0.05) is 12.1 Å².